The van der Waals surface area contributed by atoms with Gasteiger partial charge in [0.1, 0.15) is 0 Å². The van der Waals surface area contributed by atoms with Crippen LogP contribution in [0.15, 0.2) is 0 Å². The average Bonchev–Trinajstić information content (AvgIpc) is 1.96. The van der Waals surface area contributed by atoms with Crippen LogP contribution in [-0.2, 0) is 9.53 Å². The first-order valence-electron chi connectivity index (χ1n) is 4.54. The van der Waals surface area contributed by atoms with Crippen molar-refractivity contribution < 1.29 is 14.6 Å². The Balaban J connectivity index is 4.36. The largest absolute Gasteiger partial charge is 0.469 e. The number of hydrogen-bond acceptors (Lipinski definition) is 3. The fourth-order valence-electron chi connectivity index (χ4n) is 1.26. The number of hydrogen-bond donors (Lipinski definition) is 1. The molecule has 2 atom stereocenters. The van der Waals surface area contributed by atoms with Gasteiger partial charge < -0.3 is 9.84 Å². The lowest BCUT2D eigenvalue weighted by Gasteiger charge is -2.25. The minimum Gasteiger partial charge on any atom is -0.469 e. The second kappa shape index (κ2) is 4.61. The van der Waals surface area contributed by atoms with Gasteiger partial charge in [0.05, 0.1) is 19.1 Å². The normalized spacial score (nSPS) is 16.5. The summed E-state index contributed by atoms with van der Waals surface area (Å²) in [6.07, 6.45) is -0.0103. The highest BCUT2D eigenvalue weighted by molar-refractivity contribution is 5.72. The molecule has 0 aromatic carbocycles. The van der Waals surface area contributed by atoms with Gasteiger partial charge in [0, 0.05) is 0 Å². The first-order valence-corrected chi connectivity index (χ1v) is 4.54. The highest BCUT2D eigenvalue weighted by Gasteiger charge is 2.29. The van der Waals surface area contributed by atoms with E-state index in [1.807, 2.05) is 20.8 Å². The molecule has 0 aliphatic carbocycles. The molecule has 0 amide bonds. The second-order valence-electron chi connectivity index (χ2n) is 4.64. The second-order valence-corrected chi connectivity index (χ2v) is 4.64. The fourth-order valence-corrected chi connectivity index (χ4v) is 1.26. The molecule has 0 unspecified atom stereocenters. The molecule has 0 radical (unpaired) electrons. The maximum atomic E-state index is 11.2. The van der Waals surface area contributed by atoms with E-state index in [1.54, 1.807) is 6.92 Å². The van der Waals surface area contributed by atoms with Gasteiger partial charge in [-0.15, -0.1) is 0 Å². The zero-order valence-electron chi connectivity index (χ0n) is 9.13. The number of carbonyl (C=O) groups excluding carboxylic acids is 1. The molecular weight excluding hydrogens is 168 g/mol. The van der Waals surface area contributed by atoms with Crippen LogP contribution in [0.4, 0.5) is 0 Å². The van der Waals surface area contributed by atoms with Gasteiger partial charge in [-0.3, -0.25) is 4.79 Å². The summed E-state index contributed by atoms with van der Waals surface area (Å²) in [5.41, 5.74) is 0.0237. The van der Waals surface area contributed by atoms with Crippen molar-refractivity contribution in [2.45, 2.75) is 40.2 Å². The molecule has 1 N–H and O–H groups in total. The van der Waals surface area contributed by atoms with Crippen molar-refractivity contribution in [3.63, 3.8) is 0 Å². The number of esters is 1. The number of aliphatic hydroxyl groups excluding tert-OH is 1. The Morgan fingerprint density at radius 1 is 1.46 bits per heavy atom. The summed E-state index contributed by atoms with van der Waals surface area (Å²) >= 11 is 0. The standard InChI is InChI=1S/C10H20O3/c1-7(11)8(9(12)13-5)6-10(2,3)4/h7-8,11H,6H2,1-5H3/t7-,8+/m1/s1. The minimum absolute atomic E-state index is 0.0237. The number of methoxy groups -OCH3 is 1. The third-order valence-corrected chi connectivity index (χ3v) is 1.92. The topological polar surface area (TPSA) is 46.5 Å². The van der Waals surface area contributed by atoms with Crippen molar-refractivity contribution in [1.29, 1.82) is 0 Å². The van der Waals surface area contributed by atoms with Gasteiger partial charge in [-0.1, -0.05) is 20.8 Å². The van der Waals surface area contributed by atoms with Gasteiger partial charge in [0.15, 0.2) is 0 Å². The van der Waals surface area contributed by atoms with Crippen LogP contribution in [0.3, 0.4) is 0 Å². The van der Waals surface area contributed by atoms with Crippen LogP contribution in [0.2, 0.25) is 0 Å². The third kappa shape index (κ3) is 4.88. The third-order valence-electron chi connectivity index (χ3n) is 1.92. The van der Waals surface area contributed by atoms with Gasteiger partial charge in [-0.25, -0.2) is 0 Å². The molecule has 0 spiro atoms. The molecule has 0 bridgehead atoms. The Hall–Kier alpha value is -0.570. The lowest BCUT2D eigenvalue weighted by atomic mass is 9.82. The van der Waals surface area contributed by atoms with Gasteiger partial charge in [-0.05, 0) is 18.8 Å². The van der Waals surface area contributed by atoms with E-state index >= 15 is 0 Å². The lowest BCUT2D eigenvalue weighted by molar-refractivity contribution is -0.150. The smallest absolute Gasteiger partial charge is 0.311 e. The van der Waals surface area contributed by atoms with Gasteiger partial charge in [-0.2, -0.15) is 0 Å². The van der Waals surface area contributed by atoms with E-state index in [9.17, 15) is 9.90 Å². The zero-order chi connectivity index (χ0) is 10.6. The van der Waals surface area contributed by atoms with Crippen LogP contribution < -0.4 is 0 Å². The molecule has 0 fully saturated rings. The number of carbonyl (C=O) groups is 1. The SMILES string of the molecule is COC(=O)[C@@H](CC(C)(C)C)[C@@H](C)O. The Labute approximate surface area is 80.1 Å². The van der Waals surface area contributed by atoms with E-state index in [4.69, 9.17) is 0 Å². The zero-order valence-corrected chi connectivity index (χ0v) is 9.13. The molecular formula is C10H20O3. The molecule has 3 nitrogen and oxygen atoms in total. The fraction of sp³-hybridized carbons (Fsp3) is 0.900. The monoisotopic (exact) mass is 188 g/mol. The van der Waals surface area contributed by atoms with Crippen molar-refractivity contribution in [3.8, 4) is 0 Å². The molecule has 13 heavy (non-hydrogen) atoms. The van der Waals surface area contributed by atoms with Crippen LogP contribution >= 0.6 is 0 Å². The summed E-state index contributed by atoms with van der Waals surface area (Å²) in [4.78, 5) is 11.2. The molecule has 0 heterocycles. The van der Waals surface area contributed by atoms with Crippen molar-refractivity contribution in [1.82, 2.24) is 0 Å². The Morgan fingerprint density at radius 3 is 2.15 bits per heavy atom. The summed E-state index contributed by atoms with van der Waals surface area (Å²) in [5, 5.41) is 9.38. The van der Waals surface area contributed by atoms with E-state index in [-0.39, 0.29) is 11.4 Å². The highest BCUT2D eigenvalue weighted by atomic mass is 16.5. The van der Waals surface area contributed by atoms with Crippen LogP contribution in [0.5, 0.6) is 0 Å². The van der Waals surface area contributed by atoms with Crippen LogP contribution in [0.25, 0.3) is 0 Å². The summed E-state index contributed by atoms with van der Waals surface area (Å²) in [7, 11) is 1.35. The Morgan fingerprint density at radius 2 is 1.92 bits per heavy atom. The molecule has 0 saturated carbocycles. The predicted octanol–water partition coefficient (Wildman–Crippen LogP) is 1.59. The highest BCUT2D eigenvalue weighted by Crippen LogP contribution is 2.27. The predicted molar refractivity (Wildman–Crippen MR) is 51.3 cm³/mol. The van der Waals surface area contributed by atoms with E-state index < -0.39 is 12.0 Å². The van der Waals surface area contributed by atoms with Crippen LogP contribution in [0.1, 0.15) is 34.1 Å². The summed E-state index contributed by atoms with van der Waals surface area (Å²) in [6, 6.07) is 0. The quantitative estimate of drug-likeness (QED) is 0.684. The minimum atomic E-state index is -0.647. The summed E-state index contributed by atoms with van der Waals surface area (Å²) in [5.74, 6) is -0.741. The van der Waals surface area contributed by atoms with Crippen LogP contribution in [-0.4, -0.2) is 24.3 Å². The van der Waals surface area contributed by atoms with Crippen molar-refractivity contribution in [2.75, 3.05) is 7.11 Å². The maximum absolute atomic E-state index is 11.2. The molecule has 0 aromatic heterocycles. The first kappa shape index (κ1) is 12.4. The molecule has 3 heteroatoms. The summed E-state index contributed by atoms with van der Waals surface area (Å²) < 4.78 is 4.62. The number of rotatable bonds is 3. The molecule has 0 aliphatic heterocycles. The van der Waals surface area contributed by atoms with Crippen molar-refractivity contribution in [2.24, 2.45) is 11.3 Å². The molecule has 0 aliphatic rings. The van der Waals surface area contributed by atoms with Gasteiger partial charge in [0.25, 0.3) is 0 Å². The van der Waals surface area contributed by atoms with Crippen molar-refractivity contribution >= 4 is 5.97 Å². The molecule has 78 valence electrons. The Bertz CT molecular complexity index is 167. The van der Waals surface area contributed by atoms with Crippen molar-refractivity contribution in [3.05, 3.63) is 0 Å². The van der Waals surface area contributed by atoms with Gasteiger partial charge >= 0.3 is 5.97 Å². The van der Waals surface area contributed by atoms with E-state index in [0.717, 1.165) is 0 Å². The Kier molecular flexibility index (Phi) is 4.40. The maximum Gasteiger partial charge on any atom is 0.311 e. The molecule has 0 aromatic rings. The lowest BCUT2D eigenvalue weighted by Crippen LogP contribution is -2.30. The van der Waals surface area contributed by atoms with Gasteiger partial charge in [0.2, 0.25) is 0 Å². The average molecular weight is 188 g/mol. The van der Waals surface area contributed by atoms with E-state index in [2.05, 4.69) is 4.74 Å². The van der Waals surface area contributed by atoms with E-state index in [0.29, 0.717) is 6.42 Å². The molecule has 0 rings (SSSR count). The first-order chi connectivity index (χ1) is 5.78. The van der Waals surface area contributed by atoms with Crippen LogP contribution in [0, 0.1) is 11.3 Å². The number of aliphatic hydroxyl groups is 1. The van der Waals surface area contributed by atoms with E-state index in [1.165, 1.54) is 7.11 Å². The summed E-state index contributed by atoms with van der Waals surface area (Å²) in [6.45, 7) is 7.72. The number of ether oxygens (including phenoxy) is 1. The molecule has 0 saturated heterocycles.